The van der Waals surface area contributed by atoms with Crippen LogP contribution in [0.4, 0.5) is 13.2 Å². The molecule has 1 aromatic heterocycles. The summed E-state index contributed by atoms with van der Waals surface area (Å²) >= 11 is 2.56. The molecule has 3 aliphatic carbocycles. The summed E-state index contributed by atoms with van der Waals surface area (Å²) in [5.74, 6) is -0.813. The van der Waals surface area contributed by atoms with Crippen LogP contribution < -0.4 is 0 Å². The minimum Gasteiger partial charge on any atom is -0.464 e. The van der Waals surface area contributed by atoms with Gasteiger partial charge < -0.3 is 4.74 Å². The van der Waals surface area contributed by atoms with Gasteiger partial charge in [0.1, 0.15) is 0 Å². The van der Waals surface area contributed by atoms with E-state index in [1.165, 1.54) is 19.2 Å². The van der Waals surface area contributed by atoms with Crippen molar-refractivity contribution in [3.8, 4) is 0 Å². The van der Waals surface area contributed by atoms with Crippen molar-refractivity contribution in [2.45, 2.75) is 61.0 Å². The number of ether oxygens (including phenoxy) is 1. The average Bonchev–Trinajstić information content (AvgIpc) is 2.71. The molecule has 0 atom stereocenters. The van der Waals surface area contributed by atoms with E-state index in [0.717, 1.165) is 38.5 Å². The van der Waals surface area contributed by atoms with Crippen LogP contribution in [0, 0.1) is 5.41 Å². The first kappa shape index (κ1) is 20.9. The molecule has 29 heavy (non-hydrogen) atoms. The molecule has 7 heteroatoms. The zero-order valence-electron chi connectivity index (χ0n) is 16.2. The Kier molecular flexibility index (Phi) is 5.32. The Labute approximate surface area is 181 Å². The molecule has 3 nitrogen and oxygen atoms in total. The van der Waals surface area contributed by atoms with E-state index >= 15 is 0 Å². The highest BCUT2D eigenvalue weighted by molar-refractivity contribution is 14.1. The number of hydrogen-bond acceptors (Lipinski definition) is 3. The number of benzene rings is 1. The fraction of sp³-hybridized carbons (Fsp3) is 0.545. The highest BCUT2D eigenvalue weighted by atomic mass is 127. The molecule has 0 amide bonds. The molecule has 0 radical (unpaired) electrons. The molecule has 1 aromatic carbocycles. The summed E-state index contributed by atoms with van der Waals surface area (Å²) in [5, 5.41) is 0.0405. The average molecular weight is 517 g/mol. The van der Waals surface area contributed by atoms with Crippen LogP contribution in [0.2, 0.25) is 0 Å². The summed E-state index contributed by atoms with van der Waals surface area (Å²) in [6.07, 6.45) is 2.77. The van der Waals surface area contributed by atoms with E-state index in [1.807, 2.05) is 0 Å². The van der Waals surface area contributed by atoms with Gasteiger partial charge in [0.25, 0.3) is 0 Å². The maximum Gasteiger partial charge on any atom is 0.417 e. The number of nitrogens with zero attached hydrogens (tertiary/aromatic N) is 1. The van der Waals surface area contributed by atoms with Crippen LogP contribution in [0.3, 0.4) is 0 Å². The molecule has 1 heterocycles. The van der Waals surface area contributed by atoms with Crippen molar-refractivity contribution in [1.82, 2.24) is 4.98 Å². The number of aromatic nitrogens is 1. The summed E-state index contributed by atoms with van der Waals surface area (Å²) in [5.41, 5.74) is -0.726. The molecule has 156 valence electrons. The van der Waals surface area contributed by atoms with E-state index in [2.05, 4.69) is 27.6 Å². The number of pyridine rings is 1. The van der Waals surface area contributed by atoms with Gasteiger partial charge in [-0.1, -0.05) is 40.8 Å². The van der Waals surface area contributed by atoms with E-state index in [1.54, 1.807) is 12.1 Å². The largest absolute Gasteiger partial charge is 0.464 e. The third-order valence-corrected chi connectivity index (χ3v) is 8.49. The topological polar surface area (TPSA) is 39.2 Å². The first-order chi connectivity index (χ1) is 13.7. The minimum absolute atomic E-state index is 0.0192. The van der Waals surface area contributed by atoms with Gasteiger partial charge in [-0.3, -0.25) is 0 Å². The van der Waals surface area contributed by atoms with Crippen molar-refractivity contribution in [2.24, 2.45) is 5.41 Å². The number of methoxy groups -OCH3 is 1. The Morgan fingerprint density at radius 1 is 1.14 bits per heavy atom. The van der Waals surface area contributed by atoms with Gasteiger partial charge in [-0.15, -0.1) is 0 Å². The number of hydrogen-bond donors (Lipinski definition) is 0. The first-order valence-electron chi connectivity index (χ1n) is 9.93. The van der Waals surface area contributed by atoms with Crippen molar-refractivity contribution < 1.29 is 22.7 Å². The van der Waals surface area contributed by atoms with Crippen LogP contribution in [0.25, 0.3) is 10.9 Å². The number of para-hydroxylation sites is 1. The second kappa shape index (κ2) is 7.39. The van der Waals surface area contributed by atoms with Crippen LogP contribution in [-0.4, -0.2) is 21.5 Å². The lowest BCUT2D eigenvalue weighted by Crippen LogP contribution is -2.42. The van der Waals surface area contributed by atoms with E-state index in [4.69, 9.17) is 4.74 Å². The Morgan fingerprint density at radius 3 is 2.34 bits per heavy atom. The number of fused-ring (bicyclic) bond motifs is 4. The number of rotatable bonds is 4. The van der Waals surface area contributed by atoms with Gasteiger partial charge in [-0.25, -0.2) is 9.78 Å². The van der Waals surface area contributed by atoms with Crippen LogP contribution >= 0.6 is 22.6 Å². The molecule has 0 unspecified atom stereocenters. The smallest absolute Gasteiger partial charge is 0.417 e. The van der Waals surface area contributed by atoms with Gasteiger partial charge in [0.2, 0.25) is 0 Å². The van der Waals surface area contributed by atoms with E-state index in [0.29, 0.717) is 9.84 Å². The number of alkyl halides is 4. The van der Waals surface area contributed by atoms with Gasteiger partial charge in [-0.2, -0.15) is 13.2 Å². The molecule has 0 saturated heterocycles. The third-order valence-electron chi connectivity index (χ3n) is 6.87. The molecule has 3 fully saturated rings. The maximum atomic E-state index is 14.1. The van der Waals surface area contributed by atoms with Crippen molar-refractivity contribution in [2.75, 3.05) is 7.11 Å². The standard InChI is InChI=1S/C22H23F3INO2/c1-29-19(28)18-15(6-7-20-8-11-21(26,12-9-20)13-10-20)17(22(23,24)25)14-4-2-3-5-16(14)27-18/h2-5H,6-13H2,1H3. The molecule has 0 spiro atoms. The van der Waals surface area contributed by atoms with Gasteiger partial charge in [0, 0.05) is 8.81 Å². The lowest BCUT2D eigenvalue weighted by molar-refractivity contribution is -0.137. The lowest BCUT2D eigenvalue weighted by Gasteiger charge is -2.51. The Balaban J connectivity index is 1.78. The molecule has 0 N–H and O–H groups in total. The summed E-state index contributed by atoms with van der Waals surface area (Å²) in [6, 6.07) is 6.12. The Morgan fingerprint density at radius 2 is 1.76 bits per heavy atom. The Bertz CT molecular complexity index is 932. The highest BCUT2D eigenvalue weighted by Crippen LogP contribution is 2.58. The van der Waals surface area contributed by atoms with Crippen molar-refractivity contribution >= 4 is 39.5 Å². The molecular formula is C22H23F3INO2. The fourth-order valence-corrected chi connectivity index (χ4v) is 5.88. The second-order valence-corrected chi connectivity index (χ2v) is 10.8. The van der Waals surface area contributed by atoms with Gasteiger partial charge in [-0.05, 0) is 68.4 Å². The van der Waals surface area contributed by atoms with Gasteiger partial charge in [0.05, 0.1) is 18.2 Å². The zero-order chi connectivity index (χ0) is 20.9. The predicted molar refractivity (Wildman–Crippen MR) is 113 cm³/mol. The second-order valence-electron chi connectivity index (χ2n) is 8.47. The van der Waals surface area contributed by atoms with Crippen LogP contribution in [0.15, 0.2) is 24.3 Å². The van der Waals surface area contributed by atoms with Crippen molar-refractivity contribution in [3.63, 3.8) is 0 Å². The fourth-order valence-electron chi connectivity index (χ4n) is 5.07. The van der Waals surface area contributed by atoms with Crippen molar-refractivity contribution in [3.05, 3.63) is 41.1 Å². The third kappa shape index (κ3) is 3.86. The van der Waals surface area contributed by atoms with Crippen LogP contribution in [0.5, 0.6) is 0 Å². The summed E-state index contributed by atoms with van der Waals surface area (Å²) in [7, 11) is 1.18. The zero-order valence-corrected chi connectivity index (χ0v) is 18.4. The monoisotopic (exact) mass is 517 g/mol. The number of carbonyl (C=O) groups is 1. The maximum absolute atomic E-state index is 14.1. The minimum atomic E-state index is -4.57. The summed E-state index contributed by atoms with van der Waals surface area (Å²) < 4.78 is 47.6. The summed E-state index contributed by atoms with van der Waals surface area (Å²) in [4.78, 5) is 16.6. The molecule has 2 bridgehead atoms. The summed E-state index contributed by atoms with van der Waals surface area (Å²) in [6.45, 7) is 0. The van der Waals surface area contributed by atoms with Gasteiger partial charge in [0.15, 0.2) is 5.69 Å². The quantitative estimate of drug-likeness (QED) is 0.264. The number of esters is 1. The molecule has 3 saturated carbocycles. The van der Waals surface area contributed by atoms with Crippen LogP contribution in [-0.2, 0) is 17.3 Å². The van der Waals surface area contributed by atoms with E-state index in [-0.39, 0.29) is 34.0 Å². The molecule has 0 aliphatic heterocycles. The number of carbonyl (C=O) groups excluding carboxylic acids is 1. The Hall–Kier alpha value is -1.38. The predicted octanol–water partition coefficient (Wildman–Crippen LogP) is 6.50. The molecular weight excluding hydrogens is 494 g/mol. The normalized spacial score (nSPS) is 26.7. The molecule has 5 rings (SSSR count). The van der Waals surface area contributed by atoms with Gasteiger partial charge >= 0.3 is 12.1 Å². The van der Waals surface area contributed by atoms with Crippen LogP contribution in [0.1, 0.15) is 66.6 Å². The van der Waals surface area contributed by atoms with Crippen molar-refractivity contribution in [1.29, 1.82) is 0 Å². The SMILES string of the molecule is COC(=O)c1nc2ccccc2c(C(F)(F)F)c1CCC12CCC(I)(CC1)CC2. The number of halogens is 4. The molecule has 3 aliphatic rings. The molecule has 2 aromatic rings. The lowest BCUT2D eigenvalue weighted by atomic mass is 9.59. The van der Waals surface area contributed by atoms with E-state index < -0.39 is 17.7 Å². The van der Waals surface area contributed by atoms with E-state index in [9.17, 15) is 18.0 Å². The highest BCUT2D eigenvalue weighted by Gasteiger charge is 2.47. The first-order valence-corrected chi connectivity index (χ1v) is 11.0.